The number of carbonyl (C=O) groups excluding carboxylic acids is 2. The number of nitrogens with zero attached hydrogens (tertiary/aromatic N) is 2. The number of aromatic nitrogens is 1. The second kappa shape index (κ2) is 9.40. The van der Waals surface area contributed by atoms with Crippen molar-refractivity contribution in [2.75, 3.05) is 19.2 Å². The van der Waals surface area contributed by atoms with E-state index in [1.807, 2.05) is 67.6 Å². The number of hydrogen-bond donors (Lipinski definition) is 1. The Kier molecular flexibility index (Phi) is 6.22. The summed E-state index contributed by atoms with van der Waals surface area (Å²) < 4.78 is 10.6. The molecule has 0 radical (unpaired) electrons. The average molecular weight is 441 g/mol. The summed E-state index contributed by atoms with van der Waals surface area (Å²) in [5.74, 6) is -0.222. The quantitative estimate of drug-likeness (QED) is 0.444. The van der Waals surface area contributed by atoms with E-state index in [1.54, 1.807) is 18.2 Å². The van der Waals surface area contributed by atoms with E-state index in [0.717, 1.165) is 16.1 Å². The van der Waals surface area contributed by atoms with E-state index in [2.05, 4.69) is 5.43 Å². The molecule has 7 heteroatoms. The first kappa shape index (κ1) is 21.8. The second-order valence-corrected chi connectivity index (χ2v) is 7.33. The molecule has 0 aliphatic heterocycles. The number of aryl methyl sites for hydroxylation is 1. The zero-order valence-electron chi connectivity index (χ0n) is 18.5. The molecule has 7 nitrogen and oxygen atoms in total. The van der Waals surface area contributed by atoms with E-state index in [0.29, 0.717) is 28.0 Å². The van der Waals surface area contributed by atoms with Gasteiger partial charge in [0.15, 0.2) is 5.75 Å². The van der Waals surface area contributed by atoms with Crippen molar-refractivity contribution in [2.45, 2.75) is 6.92 Å². The number of para-hydroxylation sites is 1. The highest BCUT2D eigenvalue weighted by Gasteiger charge is 2.26. The fourth-order valence-electron chi connectivity index (χ4n) is 3.57. The number of ether oxygens (including phenoxy) is 2. The lowest BCUT2D eigenvalue weighted by atomic mass is 10.0. The third kappa shape index (κ3) is 4.34. The van der Waals surface area contributed by atoms with E-state index in [-0.39, 0.29) is 5.56 Å². The molecule has 0 saturated heterocycles. The summed E-state index contributed by atoms with van der Waals surface area (Å²) in [6, 6.07) is 23.9. The van der Waals surface area contributed by atoms with Gasteiger partial charge in [0.25, 0.3) is 5.91 Å². The summed E-state index contributed by atoms with van der Waals surface area (Å²) in [6.45, 7) is 1.93. The molecule has 4 rings (SSSR count). The van der Waals surface area contributed by atoms with Crippen molar-refractivity contribution in [2.24, 2.45) is 0 Å². The topological polar surface area (TPSA) is 80.8 Å². The summed E-state index contributed by atoms with van der Waals surface area (Å²) in [6.07, 6.45) is -0.729. The molecule has 0 atom stereocenters. The van der Waals surface area contributed by atoms with Gasteiger partial charge >= 0.3 is 6.09 Å². The molecule has 0 aliphatic carbocycles. The Balaban J connectivity index is 1.86. The number of nitrogens with one attached hydrogen (secondary N) is 1. The van der Waals surface area contributed by atoms with Crippen LogP contribution in [0.4, 0.5) is 10.5 Å². The fourth-order valence-corrected chi connectivity index (χ4v) is 3.57. The van der Waals surface area contributed by atoms with Crippen LogP contribution in [0.5, 0.6) is 5.75 Å². The van der Waals surface area contributed by atoms with E-state index >= 15 is 0 Å². The van der Waals surface area contributed by atoms with Crippen LogP contribution < -0.4 is 15.2 Å². The normalized spacial score (nSPS) is 10.5. The van der Waals surface area contributed by atoms with Gasteiger partial charge in [-0.1, -0.05) is 66.2 Å². The molecule has 0 fully saturated rings. The lowest BCUT2D eigenvalue weighted by Crippen LogP contribution is -2.46. The minimum Gasteiger partial charge on any atom is -0.494 e. The van der Waals surface area contributed by atoms with Gasteiger partial charge < -0.3 is 9.47 Å². The largest absolute Gasteiger partial charge is 0.494 e. The molecule has 33 heavy (non-hydrogen) atoms. The molecule has 1 heterocycles. The van der Waals surface area contributed by atoms with Gasteiger partial charge in [0.1, 0.15) is 5.69 Å². The molecular formula is C26H23N3O4. The molecule has 1 N–H and O–H groups in total. The van der Waals surface area contributed by atoms with Gasteiger partial charge in [-0.05, 0) is 25.1 Å². The fraction of sp³-hybridized carbons (Fsp3) is 0.115. The zero-order chi connectivity index (χ0) is 23.4. The van der Waals surface area contributed by atoms with Crippen LogP contribution in [-0.4, -0.2) is 31.2 Å². The Hall–Kier alpha value is -4.39. The summed E-state index contributed by atoms with van der Waals surface area (Å²) >= 11 is 0. The first-order valence-electron chi connectivity index (χ1n) is 10.3. The zero-order valence-corrected chi connectivity index (χ0v) is 18.5. The lowest BCUT2D eigenvalue weighted by molar-refractivity contribution is 0.0939. The number of amides is 2. The smallest absolute Gasteiger partial charge is 0.433 e. The van der Waals surface area contributed by atoms with Crippen molar-refractivity contribution in [3.05, 3.63) is 90.0 Å². The number of anilines is 1. The van der Waals surface area contributed by atoms with Crippen LogP contribution in [0.1, 0.15) is 15.9 Å². The maximum Gasteiger partial charge on any atom is 0.433 e. The SMILES string of the molecule is COC(=O)N(NC(=O)c1c(OC)c(-c2ccccc2)nc2ccccc12)c1ccc(C)cc1. The van der Waals surface area contributed by atoms with Crippen LogP contribution in [0.2, 0.25) is 0 Å². The van der Waals surface area contributed by atoms with Crippen LogP contribution >= 0.6 is 0 Å². The van der Waals surface area contributed by atoms with Crippen LogP contribution in [0.25, 0.3) is 22.2 Å². The highest BCUT2D eigenvalue weighted by atomic mass is 16.5. The van der Waals surface area contributed by atoms with Gasteiger partial charge in [-0.3, -0.25) is 10.2 Å². The molecule has 3 aromatic carbocycles. The van der Waals surface area contributed by atoms with Crippen molar-refractivity contribution in [1.29, 1.82) is 0 Å². The number of hydrazine groups is 1. The van der Waals surface area contributed by atoms with Crippen LogP contribution in [0.15, 0.2) is 78.9 Å². The molecule has 0 saturated carbocycles. The third-order valence-electron chi connectivity index (χ3n) is 5.19. The number of methoxy groups -OCH3 is 2. The molecule has 2 amide bonds. The molecule has 4 aromatic rings. The predicted molar refractivity (Wildman–Crippen MR) is 127 cm³/mol. The number of benzene rings is 3. The number of pyridine rings is 1. The van der Waals surface area contributed by atoms with Crippen LogP contribution in [0.3, 0.4) is 0 Å². The second-order valence-electron chi connectivity index (χ2n) is 7.33. The highest BCUT2D eigenvalue weighted by molar-refractivity contribution is 6.12. The Labute approximate surface area is 191 Å². The number of hydrogen-bond acceptors (Lipinski definition) is 5. The first-order chi connectivity index (χ1) is 16.0. The van der Waals surface area contributed by atoms with Crippen molar-refractivity contribution in [3.8, 4) is 17.0 Å². The Morgan fingerprint density at radius 3 is 2.21 bits per heavy atom. The van der Waals surface area contributed by atoms with E-state index < -0.39 is 12.0 Å². The minimum atomic E-state index is -0.729. The molecule has 0 bridgehead atoms. The summed E-state index contributed by atoms with van der Waals surface area (Å²) in [4.78, 5) is 30.9. The Morgan fingerprint density at radius 2 is 1.55 bits per heavy atom. The molecular weight excluding hydrogens is 418 g/mol. The minimum absolute atomic E-state index is 0.267. The molecule has 1 aromatic heterocycles. The van der Waals surface area contributed by atoms with Crippen molar-refractivity contribution < 1.29 is 19.1 Å². The van der Waals surface area contributed by atoms with E-state index in [9.17, 15) is 9.59 Å². The van der Waals surface area contributed by atoms with Crippen molar-refractivity contribution in [3.63, 3.8) is 0 Å². The van der Waals surface area contributed by atoms with E-state index in [4.69, 9.17) is 14.5 Å². The molecule has 0 aliphatic rings. The van der Waals surface area contributed by atoms with Gasteiger partial charge in [0.05, 0.1) is 31.0 Å². The summed E-state index contributed by atoms with van der Waals surface area (Å²) in [5.41, 5.74) is 6.38. The van der Waals surface area contributed by atoms with E-state index in [1.165, 1.54) is 14.2 Å². The highest BCUT2D eigenvalue weighted by Crippen LogP contribution is 2.36. The molecule has 0 spiro atoms. The Bertz CT molecular complexity index is 1300. The van der Waals surface area contributed by atoms with Gasteiger partial charge in [0.2, 0.25) is 0 Å². The number of rotatable bonds is 4. The van der Waals surface area contributed by atoms with Gasteiger partial charge in [-0.25, -0.2) is 9.78 Å². The number of fused-ring (bicyclic) bond motifs is 1. The Morgan fingerprint density at radius 1 is 0.879 bits per heavy atom. The lowest BCUT2D eigenvalue weighted by Gasteiger charge is -2.23. The number of carbonyl (C=O) groups is 2. The van der Waals surface area contributed by atoms with Gasteiger partial charge in [-0.15, -0.1) is 0 Å². The predicted octanol–water partition coefficient (Wildman–Crippen LogP) is 5.14. The maximum absolute atomic E-state index is 13.6. The molecule has 0 unspecified atom stereocenters. The summed E-state index contributed by atoms with van der Waals surface area (Å²) in [7, 11) is 2.75. The van der Waals surface area contributed by atoms with Gasteiger partial charge in [0, 0.05) is 10.9 Å². The third-order valence-corrected chi connectivity index (χ3v) is 5.19. The van der Waals surface area contributed by atoms with Crippen LogP contribution in [0, 0.1) is 6.92 Å². The summed E-state index contributed by atoms with van der Waals surface area (Å²) in [5, 5.41) is 1.67. The van der Waals surface area contributed by atoms with Crippen molar-refractivity contribution in [1.82, 2.24) is 10.4 Å². The van der Waals surface area contributed by atoms with Crippen LogP contribution in [-0.2, 0) is 4.74 Å². The standard InChI is InChI=1S/C26H23N3O4/c1-17-13-15-19(16-14-17)29(26(31)33-3)28-25(30)22-20-11-7-8-12-21(20)27-23(24(22)32-2)18-9-5-4-6-10-18/h4-16H,1-3H3,(H,28,30). The van der Waals surface area contributed by atoms with Crippen molar-refractivity contribution >= 4 is 28.6 Å². The average Bonchev–Trinajstić information content (AvgIpc) is 2.86. The van der Waals surface area contributed by atoms with Gasteiger partial charge in [-0.2, -0.15) is 5.01 Å². The first-order valence-corrected chi connectivity index (χ1v) is 10.3. The monoisotopic (exact) mass is 441 g/mol. The molecule has 166 valence electrons. The maximum atomic E-state index is 13.6.